The maximum atomic E-state index is 12.3. The molecule has 0 unspecified atom stereocenters. The minimum Gasteiger partial charge on any atom is -0.505 e. The number of phenolic OH excluding ortho intramolecular Hbond substituents is 1. The topological polar surface area (TPSA) is 80.0 Å². The number of amides is 1. The highest BCUT2D eigenvalue weighted by atomic mass is 16.3. The van der Waals surface area contributed by atoms with Gasteiger partial charge in [-0.3, -0.25) is 9.78 Å². The van der Waals surface area contributed by atoms with Crippen molar-refractivity contribution in [2.75, 3.05) is 5.32 Å². The van der Waals surface area contributed by atoms with Crippen LogP contribution < -0.4 is 5.32 Å². The van der Waals surface area contributed by atoms with Crippen molar-refractivity contribution in [2.45, 2.75) is 6.92 Å². The zero-order chi connectivity index (χ0) is 15.5. The Morgan fingerprint density at radius 2 is 2.09 bits per heavy atom. The number of benzene rings is 1. The molecule has 6 nitrogen and oxygen atoms in total. The zero-order valence-corrected chi connectivity index (χ0v) is 11.9. The predicted molar refractivity (Wildman–Crippen MR) is 82.2 cm³/mol. The van der Waals surface area contributed by atoms with Crippen LogP contribution in [0, 0.1) is 6.92 Å². The van der Waals surface area contributed by atoms with E-state index in [1.807, 2.05) is 0 Å². The van der Waals surface area contributed by atoms with E-state index in [2.05, 4.69) is 15.4 Å². The number of carbonyl (C=O) groups excluding carboxylic acids is 1. The summed E-state index contributed by atoms with van der Waals surface area (Å²) in [7, 11) is 0. The second kappa shape index (κ2) is 5.69. The lowest BCUT2D eigenvalue weighted by atomic mass is 10.2. The Morgan fingerprint density at radius 3 is 2.86 bits per heavy atom. The van der Waals surface area contributed by atoms with Gasteiger partial charge in [-0.2, -0.15) is 5.10 Å². The van der Waals surface area contributed by atoms with Gasteiger partial charge in [0.25, 0.3) is 5.91 Å². The molecule has 1 aromatic carbocycles. The van der Waals surface area contributed by atoms with E-state index in [9.17, 15) is 9.90 Å². The minimum atomic E-state index is -0.394. The number of aromatic nitrogens is 3. The normalized spacial score (nSPS) is 10.4. The Hall–Kier alpha value is -3.15. The van der Waals surface area contributed by atoms with Gasteiger partial charge in [-0.05, 0) is 36.8 Å². The molecule has 0 atom stereocenters. The smallest absolute Gasteiger partial charge is 0.274 e. The van der Waals surface area contributed by atoms with Crippen LogP contribution in [0.25, 0.3) is 5.69 Å². The average Bonchev–Trinajstić information content (AvgIpc) is 3.06. The minimum absolute atomic E-state index is 0.0547. The number of phenols is 1. The van der Waals surface area contributed by atoms with E-state index in [1.165, 1.54) is 0 Å². The fourth-order valence-electron chi connectivity index (χ4n) is 2.05. The lowest BCUT2D eigenvalue weighted by molar-refractivity contribution is 0.102. The number of carbonyl (C=O) groups is 1. The van der Waals surface area contributed by atoms with Gasteiger partial charge in [-0.1, -0.05) is 12.1 Å². The summed E-state index contributed by atoms with van der Waals surface area (Å²) in [4.78, 5) is 16.3. The van der Waals surface area contributed by atoms with Gasteiger partial charge < -0.3 is 10.4 Å². The molecule has 2 N–H and O–H groups in total. The third kappa shape index (κ3) is 2.67. The van der Waals surface area contributed by atoms with Crippen LogP contribution in [0.5, 0.6) is 5.75 Å². The molecular weight excluding hydrogens is 280 g/mol. The van der Waals surface area contributed by atoms with Gasteiger partial charge in [0.15, 0.2) is 0 Å². The number of aromatic hydroxyl groups is 1. The summed E-state index contributed by atoms with van der Waals surface area (Å²) in [5.74, 6) is -0.339. The molecule has 0 fully saturated rings. The van der Waals surface area contributed by atoms with Gasteiger partial charge in [-0.15, -0.1) is 0 Å². The molecule has 0 aliphatic heterocycles. The second-order valence-electron chi connectivity index (χ2n) is 4.78. The van der Waals surface area contributed by atoms with E-state index in [4.69, 9.17) is 0 Å². The number of hydrogen-bond acceptors (Lipinski definition) is 4. The SMILES string of the molecule is Cc1cccc(NC(=O)c2cc(-n3cccn3)ccn2)c1O. The molecule has 2 heterocycles. The first-order chi connectivity index (χ1) is 10.6. The van der Waals surface area contributed by atoms with Crippen LogP contribution in [-0.4, -0.2) is 25.8 Å². The first kappa shape index (κ1) is 13.8. The summed E-state index contributed by atoms with van der Waals surface area (Å²) in [6.07, 6.45) is 4.98. The van der Waals surface area contributed by atoms with Crippen molar-refractivity contribution in [1.82, 2.24) is 14.8 Å². The fourth-order valence-corrected chi connectivity index (χ4v) is 2.05. The number of hydrogen-bond donors (Lipinski definition) is 2. The molecule has 0 aliphatic carbocycles. The molecule has 110 valence electrons. The number of anilines is 1. The summed E-state index contributed by atoms with van der Waals surface area (Å²) < 4.78 is 1.64. The van der Waals surface area contributed by atoms with Crippen LogP contribution in [0.4, 0.5) is 5.69 Å². The molecule has 6 heteroatoms. The van der Waals surface area contributed by atoms with Crippen molar-refractivity contribution in [3.63, 3.8) is 0 Å². The lowest BCUT2D eigenvalue weighted by Crippen LogP contribution is -2.14. The Morgan fingerprint density at radius 1 is 1.23 bits per heavy atom. The maximum Gasteiger partial charge on any atom is 0.274 e. The second-order valence-corrected chi connectivity index (χ2v) is 4.78. The van der Waals surface area contributed by atoms with Crippen LogP contribution in [-0.2, 0) is 0 Å². The summed E-state index contributed by atoms with van der Waals surface area (Å²) in [6.45, 7) is 1.77. The summed E-state index contributed by atoms with van der Waals surface area (Å²) in [6, 6.07) is 10.4. The highest BCUT2D eigenvalue weighted by Crippen LogP contribution is 2.26. The number of nitrogens with zero attached hydrogens (tertiary/aromatic N) is 3. The molecule has 0 aliphatic rings. The summed E-state index contributed by atoms with van der Waals surface area (Å²) >= 11 is 0. The molecule has 0 saturated heterocycles. The Kier molecular flexibility index (Phi) is 3.57. The molecule has 0 radical (unpaired) electrons. The Bertz CT molecular complexity index is 813. The third-order valence-corrected chi connectivity index (χ3v) is 3.23. The van der Waals surface area contributed by atoms with Gasteiger partial charge >= 0.3 is 0 Å². The van der Waals surface area contributed by atoms with Crippen molar-refractivity contribution in [1.29, 1.82) is 0 Å². The number of rotatable bonds is 3. The Labute approximate surface area is 127 Å². The number of pyridine rings is 1. The van der Waals surface area contributed by atoms with Crippen LogP contribution in [0.15, 0.2) is 55.0 Å². The van der Waals surface area contributed by atoms with E-state index in [-0.39, 0.29) is 11.4 Å². The molecule has 0 spiro atoms. The van der Waals surface area contributed by atoms with E-state index in [0.717, 1.165) is 5.69 Å². The monoisotopic (exact) mass is 294 g/mol. The first-order valence-electron chi connectivity index (χ1n) is 6.71. The third-order valence-electron chi connectivity index (χ3n) is 3.23. The van der Waals surface area contributed by atoms with Crippen LogP contribution in [0.3, 0.4) is 0 Å². The molecule has 0 bridgehead atoms. The standard InChI is InChI=1S/C16H14N4O2/c1-11-4-2-5-13(15(11)21)19-16(22)14-10-12(6-8-17-14)20-9-3-7-18-20/h2-10,21H,1H3,(H,19,22). The van der Waals surface area contributed by atoms with E-state index in [1.54, 1.807) is 66.6 Å². The fraction of sp³-hybridized carbons (Fsp3) is 0.0625. The largest absolute Gasteiger partial charge is 0.505 e. The van der Waals surface area contributed by atoms with Crippen molar-refractivity contribution >= 4 is 11.6 Å². The van der Waals surface area contributed by atoms with Crippen molar-refractivity contribution in [2.24, 2.45) is 0 Å². The number of aryl methyl sites for hydroxylation is 1. The molecule has 0 saturated carbocycles. The number of para-hydroxylation sites is 1. The van der Waals surface area contributed by atoms with Gasteiger partial charge in [0.2, 0.25) is 0 Å². The van der Waals surface area contributed by atoms with Gasteiger partial charge in [-0.25, -0.2) is 4.68 Å². The van der Waals surface area contributed by atoms with Crippen molar-refractivity contribution in [3.05, 3.63) is 66.2 Å². The highest BCUT2D eigenvalue weighted by molar-refractivity contribution is 6.04. The van der Waals surface area contributed by atoms with Crippen LogP contribution in [0.1, 0.15) is 16.1 Å². The van der Waals surface area contributed by atoms with Crippen LogP contribution in [0.2, 0.25) is 0 Å². The zero-order valence-electron chi connectivity index (χ0n) is 11.9. The van der Waals surface area contributed by atoms with Gasteiger partial charge in [0.05, 0.1) is 11.4 Å². The molecule has 3 rings (SSSR count). The maximum absolute atomic E-state index is 12.3. The van der Waals surface area contributed by atoms with Crippen LogP contribution >= 0.6 is 0 Å². The quantitative estimate of drug-likeness (QED) is 0.727. The molecule has 1 amide bonds. The van der Waals surface area contributed by atoms with Crippen molar-refractivity contribution < 1.29 is 9.90 Å². The van der Waals surface area contributed by atoms with E-state index >= 15 is 0 Å². The highest BCUT2D eigenvalue weighted by Gasteiger charge is 2.12. The summed E-state index contributed by atoms with van der Waals surface area (Å²) in [5, 5.41) is 16.7. The lowest BCUT2D eigenvalue weighted by Gasteiger charge is -2.09. The van der Waals surface area contributed by atoms with Gasteiger partial charge in [0.1, 0.15) is 11.4 Å². The van der Waals surface area contributed by atoms with E-state index < -0.39 is 5.91 Å². The molecular formula is C16H14N4O2. The predicted octanol–water partition coefficient (Wildman–Crippen LogP) is 2.53. The molecule has 3 aromatic rings. The first-order valence-corrected chi connectivity index (χ1v) is 6.71. The summed E-state index contributed by atoms with van der Waals surface area (Å²) in [5.41, 5.74) is 2.03. The Balaban J connectivity index is 1.87. The number of nitrogens with one attached hydrogen (secondary N) is 1. The molecule has 22 heavy (non-hydrogen) atoms. The van der Waals surface area contributed by atoms with Crippen molar-refractivity contribution in [3.8, 4) is 11.4 Å². The van der Waals surface area contributed by atoms with E-state index in [0.29, 0.717) is 11.3 Å². The average molecular weight is 294 g/mol. The van der Waals surface area contributed by atoms with Gasteiger partial charge in [0, 0.05) is 18.6 Å². The molecule has 2 aromatic heterocycles.